The van der Waals surface area contributed by atoms with Crippen molar-refractivity contribution in [1.29, 1.82) is 0 Å². The van der Waals surface area contributed by atoms with Gasteiger partial charge in [-0.2, -0.15) is 0 Å². The van der Waals surface area contributed by atoms with Gasteiger partial charge in [0.15, 0.2) is 16.9 Å². The predicted octanol–water partition coefficient (Wildman–Crippen LogP) is 4.94. The van der Waals surface area contributed by atoms with Crippen molar-refractivity contribution in [2.75, 3.05) is 19.8 Å². The summed E-state index contributed by atoms with van der Waals surface area (Å²) in [5, 5.41) is 0.477. The number of carbonyl (C=O) groups is 1. The summed E-state index contributed by atoms with van der Waals surface area (Å²) in [6.45, 7) is 7.55. The number of carbonyl (C=O) groups excluding carboxylic acids is 1. The molecule has 1 aliphatic rings. The van der Waals surface area contributed by atoms with Gasteiger partial charge in [0, 0.05) is 6.54 Å². The third kappa shape index (κ3) is 3.67. The Hall–Kier alpha value is -3.28. The molecule has 0 bridgehead atoms. The Labute approximate surface area is 181 Å². The zero-order valence-corrected chi connectivity index (χ0v) is 18.1. The highest BCUT2D eigenvalue weighted by Crippen LogP contribution is 2.41. The summed E-state index contributed by atoms with van der Waals surface area (Å²) in [5.41, 5.74) is 1.45. The van der Waals surface area contributed by atoms with Gasteiger partial charge >= 0.3 is 0 Å². The summed E-state index contributed by atoms with van der Waals surface area (Å²) < 4.78 is 17.6. The van der Waals surface area contributed by atoms with Crippen molar-refractivity contribution in [3.8, 4) is 11.5 Å². The maximum Gasteiger partial charge on any atom is 0.290 e. The van der Waals surface area contributed by atoms with Crippen LogP contribution in [-0.2, 0) is 0 Å². The Morgan fingerprint density at radius 2 is 1.77 bits per heavy atom. The lowest BCUT2D eigenvalue weighted by Crippen LogP contribution is -2.30. The average molecular weight is 421 g/mol. The first-order valence-electron chi connectivity index (χ1n) is 10.9. The largest absolute Gasteiger partial charge is 0.490 e. The van der Waals surface area contributed by atoms with E-state index in [1.54, 1.807) is 29.2 Å². The van der Waals surface area contributed by atoms with Crippen LogP contribution in [0.25, 0.3) is 11.0 Å². The van der Waals surface area contributed by atoms with Gasteiger partial charge in [-0.1, -0.05) is 32.0 Å². The maximum atomic E-state index is 13.4. The van der Waals surface area contributed by atoms with Crippen molar-refractivity contribution in [1.82, 2.24) is 4.90 Å². The van der Waals surface area contributed by atoms with Crippen molar-refractivity contribution in [2.24, 2.45) is 0 Å². The van der Waals surface area contributed by atoms with Gasteiger partial charge in [-0.3, -0.25) is 9.59 Å². The van der Waals surface area contributed by atoms with Crippen LogP contribution in [0.3, 0.4) is 0 Å². The van der Waals surface area contributed by atoms with Crippen molar-refractivity contribution in [3.63, 3.8) is 0 Å². The number of amides is 1. The Bertz CT molecular complexity index is 1170. The highest BCUT2D eigenvalue weighted by molar-refractivity contribution is 5.99. The number of benzene rings is 2. The maximum absolute atomic E-state index is 13.4. The first-order chi connectivity index (χ1) is 15.1. The van der Waals surface area contributed by atoms with Gasteiger partial charge in [0.05, 0.1) is 30.2 Å². The first-order valence-corrected chi connectivity index (χ1v) is 10.9. The Morgan fingerprint density at radius 1 is 0.968 bits per heavy atom. The van der Waals surface area contributed by atoms with E-state index in [2.05, 4.69) is 0 Å². The zero-order valence-electron chi connectivity index (χ0n) is 18.1. The van der Waals surface area contributed by atoms with Crippen LogP contribution in [0.2, 0.25) is 0 Å². The Balaban J connectivity index is 1.89. The fraction of sp³-hybridized carbons (Fsp3) is 0.360. The third-order valence-electron chi connectivity index (χ3n) is 5.38. The fourth-order valence-electron chi connectivity index (χ4n) is 4.08. The topological polar surface area (TPSA) is 69.0 Å². The van der Waals surface area contributed by atoms with E-state index in [0.717, 1.165) is 18.4 Å². The van der Waals surface area contributed by atoms with Crippen LogP contribution in [0.5, 0.6) is 11.5 Å². The van der Waals surface area contributed by atoms with Gasteiger partial charge < -0.3 is 18.8 Å². The number of rotatable bonds is 8. The molecule has 2 heterocycles. The molecule has 3 aromatic rings. The highest BCUT2D eigenvalue weighted by Gasteiger charge is 2.42. The first kappa shape index (κ1) is 21.0. The lowest BCUT2D eigenvalue weighted by molar-refractivity contribution is 0.0728. The molecule has 162 valence electrons. The molecule has 0 unspecified atom stereocenters. The van der Waals surface area contributed by atoms with Crippen LogP contribution in [-0.4, -0.2) is 30.6 Å². The molecule has 0 fully saturated rings. The minimum Gasteiger partial charge on any atom is -0.490 e. The normalized spacial score (nSPS) is 15.4. The van der Waals surface area contributed by atoms with E-state index in [1.165, 1.54) is 0 Å². The third-order valence-corrected chi connectivity index (χ3v) is 5.38. The molecule has 0 radical (unpaired) electrons. The standard InChI is InChI=1S/C25H27NO5/c1-4-13-26-22(16-11-12-19(30-14-5-2)20(15-16)29-6-3)21-23(27)17-9-7-8-10-18(17)31-24(21)25(26)28/h7-12,15,22H,4-6,13-14H2,1-3H3/t22-/m1/s1. The van der Waals surface area contributed by atoms with E-state index in [-0.39, 0.29) is 17.1 Å². The molecule has 0 spiro atoms. The van der Waals surface area contributed by atoms with Crippen molar-refractivity contribution in [3.05, 3.63) is 69.6 Å². The van der Waals surface area contributed by atoms with E-state index < -0.39 is 6.04 Å². The molecule has 6 nitrogen and oxygen atoms in total. The lowest BCUT2D eigenvalue weighted by atomic mass is 9.98. The Morgan fingerprint density at radius 3 is 2.52 bits per heavy atom. The molecular formula is C25H27NO5. The molecule has 0 N–H and O–H groups in total. The van der Waals surface area contributed by atoms with Gasteiger partial charge in [0.25, 0.3) is 5.91 Å². The number of hydrogen-bond acceptors (Lipinski definition) is 5. The monoisotopic (exact) mass is 421 g/mol. The number of hydrogen-bond donors (Lipinski definition) is 0. The van der Waals surface area contributed by atoms with Crippen LogP contribution < -0.4 is 14.9 Å². The molecule has 1 atom stereocenters. The predicted molar refractivity (Wildman–Crippen MR) is 119 cm³/mol. The molecule has 2 aromatic carbocycles. The molecule has 6 heteroatoms. The average Bonchev–Trinajstić information content (AvgIpc) is 3.05. The summed E-state index contributed by atoms with van der Waals surface area (Å²) in [7, 11) is 0. The molecule has 0 saturated heterocycles. The summed E-state index contributed by atoms with van der Waals surface area (Å²) >= 11 is 0. The van der Waals surface area contributed by atoms with Crippen LogP contribution in [0.4, 0.5) is 0 Å². The van der Waals surface area contributed by atoms with Gasteiger partial charge in [-0.15, -0.1) is 0 Å². The summed E-state index contributed by atoms with van der Waals surface area (Å²) in [4.78, 5) is 28.4. The number of para-hydroxylation sites is 1. The van der Waals surface area contributed by atoms with Gasteiger partial charge in [-0.25, -0.2) is 0 Å². The van der Waals surface area contributed by atoms with E-state index in [9.17, 15) is 9.59 Å². The van der Waals surface area contributed by atoms with Crippen LogP contribution in [0, 0.1) is 0 Å². The second-order valence-corrected chi connectivity index (χ2v) is 7.56. The minimum atomic E-state index is -0.525. The van der Waals surface area contributed by atoms with Crippen molar-refractivity contribution >= 4 is 16.9 Å². The number of fused-ring (bicyclic) bond motifs is 2. The summed E-state index contributed by atoms with van der Waals surface area (Å²) in [6, 6.07) is 12.1. The molecule has 1 amide bonds. The molecule has 0 saturated carbocycles. The van der Waals surface area contributed by atoms with E-state index in [1.807, 2.05) is 39.0 Å². The second kappa shape index (κ2) is 8.84. The van der Waals surface area contributed by atoms with E-state index >= 15 is 0 Å². The number of ether oxygens (including phenoxy) is 2. The number of nitrogens with zero attached hydrogens (tertiary/aromatic N) is 1. The van der Waals surface area contributed by atoms with Crippen LogP contribution >= 0.6 is 0 Å². The van der Waals surface area contributed by atoms with Crippen LogP contribution in [0.1, 0.15) is 61.3 Å². The summed E-state index contributed by atoms with van der Waals surface area (Å²) in [5.74, 6) is 1.14. The minimum absolute atomic E-state index is 0.131. The Kier molecular flexibility index (Phi) is 5.98. The van der Waals surface area contributed by atoms with Gasteiger partial charge in [-0.05, 0) is 49.6 Å². The highest BCUT2D eigenvalue weighted by atomic mass is 16.5. The van der Waals surface area contributed by atoms with Crippen LogP contribution in [0.15, 0.2) is 51.7 Å². The van der Waals surface area contributed by atoms with Crippen molar-refractivity contribution < 1.29 is 18.7 Å². The molecular weight excluding hydrogens is 394 g/mol. The fourth-order valence-corrected chi connectivity index (χ4v) is 4.08. The molecule has 1 aliphatic heterocycles. The smallest absolute Gasteiger partial charge is 0.290 e. The quantitative estimate of drug-likeness (QED) is 0.516. The van der Waals surface area contributed by atoms with Gasteiger partial charge in [0.2, 0.25) is 5.76 Å². The van der Waals surface area contributed by atoms with Crippen molar-refractivity contribution in [2.45, 2.75) is 39.7 Å². The molecule has 0 aliphatic carbocycles. The lowest BCUT2D eigenvalue weighted by Gasteiger charge is -2.25. The SMILES string of the molecule is CCCOc1ccc([C@@H]2c3c(oc4ccccc4c3=O)C(=O)N2CCC)cc1OCC. The molecule has 31 heavy (non-hydrogen) atoms. The van der Waals surface area contributed by atoms with E-state index in [4.69, 9.17) is 13.9 Å². The molecule has 1 aromatic heterocycles. The molecule has 4 rings (SSSR count). The summed E-state index contributed by atoms with van der Waals surface area (Å²) in [6.07, 6.45) is 1.65. The van der Waals surface area contributed by atoms with E-state index in [0.29, 0.717) is 47.8 Å². The zero-order chi connectivity index (χ0) is 22.0. The van der Waals surface area contributed by atoms with Gasteiger partial charge in [0.1, 0.15) is 5.58 Å². The second-order valence-electron chi connectivity index (χ2n) is 7.56.